The molecule has 1 aliphatic carbocycles. The van der Waals surface area contributed by atoms with Crippen LogP contribution >= 0.6 is 11.8 Å². The van der Waals surface area contributed by atoms with Gasteiger partial charge in [0.05, 0.1) is 7.11 Å². The van der Waals surface area contributed by atoms with Crippen LogP contribution in [0.2, 0.25) is 0 Å². The molecule has 2 amide bonds. The first-order valence-corrected chi connectivity index (χ1v) is 12.9. The lowest BCUT2D eigenvalue weighted by molar-refractivity contribution is -0.140. The molecule has 6 heteroatoms. The first-order valence-electron chi connectivity index (χ1n) is 11.9. The van der Waals surface area contributed by atoms with Crippen LogP contribution in [0.5, 0.6) is 5.75 Å². The van der Waals surface area contributed by atoms with E-state index in [1.165, 1.54) is 12.0 Å². The van der Waals surface area contributed by atoms with Crippen LogP contribution in [-0.2, 0) is 16.1 Å². The van der Waals surface area contributed by atoms with Gasteiger partial charge in [0.25, 0.3) is 0 Å². The Morgan fingerprint density at radius 3 is 2.36 bits per heavy atom. The molecule has 0 bridgehead atoms. The second kappa shape index (κ2) is 12.7. The van der Waals surface area contributed by atoms with E-state index in [1.54, 1.807) is 23.8 Å². The summed E-state index contributed by atoms with van der Waals surface area (Å²) in [5, 5.41) is 3.19. The van der Waals surface area contributed by atoms with Crippen molar-refractivity contribution >= 4 is 23.6 Å². The normalized spacial score (nSPS) is 15.0. The molecule has 178 valence electrons. The molecule has 1 fully saturated rings. The highest BCUT2D eigenvalue weighted by atomic mass is 32.2. The third-order valence-electron chi connectivity index (χ3n) is 6.24. The van der Waals surface area contributed by atoms with Crippen LogP contribution < -0.4 is 10.1 Å². The van der Waals surface area contributed by atoms with Crippen molar-refractivity contribution in [2.45, 2.75) is 75.9 Å². The lowest BCUT2D eigenvalue weighted by atomic mass is 9.95. The van der Waals surface area contributed by atoms with Gasteiger partial charge in [-0.1, -0.05) is 49.1 Å². The number of hydrogen-bond acceptors (Lipinski definition) is 4. The lowest BCUT2D eigenvalue weighted by Crippen LogP contribution is -2.50. The summed E-state index contributed by atoms with van der Waals surface area (Å²) in [6.45, 7) is 4.30. The zero-order valence-corrected chi connectivity index (χ0v) is 20.8. The molecule has 2 aromatic carbocycles. The maximum absolute atomic E-state index is 13.3. The van der Waals surface area contributed by atoms with E-state index in [2.05, 4.69) is 36.5 Å². The van der Waals surface area contributed by atoms with Crippen molar-refractivity contribution < 1.29 is 14.3 Å². The maximum atomic E-state index is 13.3. The van der Waals surface area contributed by atoms with Crippen molar-refractivity contribution in [3.8, 4) is 5.75 Å². The van der Waals surface area contributed by atoms with E-state index < -0.39 is 6.04 Å². The number of ether oxygens (including phenoxy) is 1. The van der Waals surface area contributed by atoms with Crippen molar-refractivity contribution in [3.63, 3.8) is 0 Å². The van der Waals surface area contributed by atoms with Crippen LogP contribution in [0.25, 0.3) is 0 Å². The summed E-state index contributed by atoms with van der Waals surface area (Å²) in [4.78, 5) is 29.2. The summed E-state index contributed by atoms with van der Waals surface area (Å²) in [5.74, 6) is 1.39. The van der Waals surface area contributed by atoms with Crippen molar-refractivity contribution in [2.24, 2.45) is 0 Å². The number of carbonyl (C=O) groups is 2. The monoisotopic (exact) mass is 468 g/mol. The van der Waals surface area contributed by atoms with Crippen molar-refractivity contribution in [3.05, 3.63) is 59.7 Å². The topological polar surface area (TPSA) is 58.6 Å². The van der Waals surface area contributed by atoms with E-state index in [1.807, 2.05) is 31.2 Å². The Labute approximate surface area is 202 Å². The highest BCUT2D eigenvalue weighted by molar-refractivity contribution is 7.99. The average Bonchev–Trinajstić information content (AvgIpc) is 2.84. The average molecular weight is 469 g/mol. The molecule has 0 saturated heterocycles. The van der Waals surface area contributed by atoms with Gasteiger partial charge in [0.1, 0.15) is 11.8 Å². The molecule has 5 nitrogen and oxygen atoms in total. The van der Waals surface area contributed by atoms with E-state index in [9.17, 15) is 9.59 Å². The zero-order valence-electron chi connectivity index (χ0n) is 20.0. The maximum Gasteiger partial charge on any atom is 0.242 e. The number of carbonyl (C=O) groups excluding carboxylic acids is 2. The quantitative estimate of drug-likeness (QED) is 0.478. The van der Waals surface area contributed by atoms with Crippen molar-refractivity contribution in [1.82, 2.24) is 10.2 Å². The number of amides is 2. The van der Waals surface area contributed by atoms with Gasteiger partial charge >= 0.3 is 0 Å². The van der Waals surface area contributed by atoms with E-state index >= 15 is 0 Å². The molecule has 2 aromatic rings. The number of methoxy groups -OCH3 is 1. The highest BCUT2D eigenvalue weighted by Crippen LogP contribution is 2.22. The first kappa shape index (κ1) is 25.2. The molecule has 0 aromatic heterocycles. The predicted octanol–water partition coefficient (Wildman–Crippen LogP) is 5.35. The minimum Gasteiger partial charge on any atom is -0.497 e. The van der Waals surface area contributed by atoms with Gasteiger partial charge in [0.2, 0.25) is 11.8 Å². The van der Waals surface area contributed by atoms with Gasteiger partial charge in [-0.25, -0.2) is 0 Å². The Hall–Kier alpha value is -2.47. The number of hydrogen-bond donors (Lipinski definition) is 1. The molecule has 1 aliphatic rings. The minimum atomic E-state index is -0.522. The van der Waals surface area contributed by atoms with Crippen LogP contribution in [0.4, 0.5) is 0 Å². The van der Waals surface area contributed by atoms with E-state index in [-0.39, 0.29) is 17.9 Å². The van der Waals surface area contributed by atoms with Crippen LogP contribution in [0.3, 0.4) is 0 Å². The number of aryl methyl sites for hydroxylation is 1. The van der Waals surface area contributed by atoms with E-state index in [0.29, 0.717) is 18.7 Å². The Morgan fingerprint density at radius 2 is 1.73 bits per heavy atom. The van der Waals surface area contributed by atoms with Crippen molar-refractivity contribution in [2.75, 3.05) is 12.9 Å². The molecule has 0 heterocycles. The molecule has 1 atom stereocenters. The van der Waals surface area contributed by atoms with Gasteiger partial charge in [-0.15, -0.1) is 11.8 Å². The lowest BCUT2D eigenvalue weighted by Gasteiger charge is -2.31. The smallest absolute Gasteiger partial charge is 0.242 e. The summed E-state index contributed by atoms with van der Waals surface area (Å²) in [6.07, 6.45) is 5.99. The summed E-state index contributed by atoms with van der Waals surface area (Å²) >= 11 is 1.67. The highest BCUT2D eigenvalue weighted by Gasteiger charge is 2.27. The van der Waals surface area contributed by atoms with Gasteiger partial charge in [-0.3, -0.25) is 9.59 Å². The van der Waals surface area contributed by atoms with Crippen LogP contribution in [-0.4, -0.2) is 41.7 Å². The SMILES string of the molecule is COc1ccc(CN(C(=O)CCSc2ccc(C)cc2)C(C)C(=O)NC2CCCCC2)cc1. The van der Waals surface area contributed by atoms with Gasteiger partial charge < -0.3 is 15.0 Å². The molecule has 3 rings (SSSR count). The molecule has 1 saturated carbocycles. The molecular weight excluding hydrogens is 432 g/mol. The van der Waals surface area contributed by atoms with Gasteiger partial charge in [-0.05, 0) is 56.5 Å². The third-order valence-corrected chi connectivity index (χ3v) is 7.25. The number of rotatable bonds is 10. The number of thioether (sulfide) groups is 1. The van der Waals surface area contributed by atoms with Crippen LogP contribution in [0.15, 0.2) is 53.4 Å². The number of nitrogens with zero attached hydrogens (tertiary/aromatic N) is 1. The first-order chi connectivity index (χ1) is 16.0. The Morgan fingerprint density at radius 1 is 1.06 bits per heavy atom. The fourth-order valence-electron chi connectivity index (χ4n) is 4.11. The molecule has 0 aliphatic heterocycles. The standard InChI is InChI=1S/C27H36N2O3S/c1-20-9-15-25(16-10-20)33-18-17-26(30)29(19-22-11-13-24(32-3)14-12-22)21(2)27(31)28-23-7-5-4-6-8-23/h9-16,21,23H,4-8,17-19H2,1-3H3,(H,28,31). The summed E-state index contributed by atoms with van der Waals surface area (Å²) in [5.41, 5.74) is 2.20. The van der Waals surface area contributed by atoms with Gasteiger partial charge in [-0.2, -0.15) is 0 Å². The molecule has 33 heavy (non-hydrogen) atoms. The molecule has 0 spiro atoms. The molecular formula is C27H36N2O3S. The fraction of sp³-hybridized carbons (Fsp3) is 0.481. The van der Waals surface area contributed by atoms with E-state index in [0.717, 1.165) is 41.9 Å². The third kappa shape index (κ3) is 7.81. The number of nitrogens with one attached hydrogen (secondary N) is 1. The summed E-state index contributed by atoms with van der Waals surface area (Å²) in [6, 6.07) is 15.7. The van der Waals surface area contributed by atoms with Crippen LogP contribution in [0, 0.1) is 6.92 Å². The Bertz CT molecular complexity index is 893. The zero-order chi connectivity index (χ0) is 23.6. The summed E-state index contributed by atoms with van der Waals surface area (Å²) in [7, 11) is 1.63. The Balaban J connectivity index is 1.65. The fourth-order valence-corrected chi connectivity index (χ4v) is 4.95. The predicted molar refractivity (Wildman–Crippen MR) is 135 cm³/mol. The largest absolute Gasteiger partial charge is 0.497 e. The molecule has 1 N–H and O–H groups in total. The number of benzene rings is 2. The second-order valence-corrected chi connectivity index (χ2v) is 9.97. The second-order valence-electron chi connectivity index (χ2n) is 8.80. The van der Waals surface area contributed by atoms with Crippen LogP contribution in [0.1, 0.15) is 56.6 Å². The minimum absolute atomic E-state index is 0.00303. The molecule has 0 radical (unpaired) electrons. The Kier molecular flexibility index (Phi) is 9.67. The molecule has 1 unspecified atom stereocenters. The van der Waals surface area contributed by atoms with Gasteiger partial charge in [0, 0.05) is 29.7 Å². The van der Waals surface area contributed by atoms with Gasteiger partial charge in [0.15, 0.2) is 0 Å². The van der Waals surface area contributed by atoms with E-state index in [4.69, 9.17) is 4.74 Å². The summed E-state index contributed by atoms with van der Waals surface area (Å²) < 4.78 is 5.25. The van der Waals surface area contributed by atoms with Crippen molar-refractivity contribution in [1.29, 1.82) is 0 Å².